The summed E-state index contributed by atoms with van der Waals surface area (Å²) in [5.41, 5.74) is -1.92. The minimum absolute atomic E-state index is 0.0388. The fourth-order valence-corrected chi connectivity index (χ4v) is 2.44. The van der Waals surface area contributed by atoms with Crippen LogP contribution in [0, 0.1) is 0 Å². The molecule has 7 heteroatoms. The van der Waals surface area contributed by atoms with E-state index in [1.54, 1.807) is 0 Å². The summed E-state index contributed by atoms with van der Waals surface area (Å²) in [4.78, 5) is 0. The van der Waals surface area contributed by atoms with Crippen LogP contribution in [0.3, 0.4) is 0 Å². The van der Waals surface area contributed by atoms with Crippen molar-refractivity contribution in [1.82, 2.24) is 0 Å². The van der Waals surface area contributed by atoms with E-state index >= 15 is 0 Å². The Bertz CT molecular complexity index is 445. The fraction of sp³-hybridized carbons (Fsp3) is 0.143. The van der Waals surface area contributed by atoms with Gasteiger partial charge in [-0.05, 0) is 12.1 Å². The van der Waals surface area contributed by atoms with Crippen molar-refractivity contribution in [3.63, 3.8) is 0 Å². The largest absolute Gasteiger partial charge is 0.371 e. The van der Waals surface area contributed by atoms with Gasteiger partial charge in [0.2, 0.25) is 5.44 Å². The molecule has 0 aliphatic carbocycles. The van der Waals surface area contributed by atoms with E-state index in [1.165, 1.54) is 18.2 Å². The first kappa shape index (κ1) is 11.9. The minimum Gasteiger partial charge on any atom is -0.371 e. The Balaban J connectivity index is 3.21. The first-order valence-electron chi connectivity index (χ1n) is 3.41. The third-order valence-corrected chi connectivity index (χ3v) is 3.25. The fourth-order valence-electron chi connectivity index (χ4n) is 0.862. The molecule has 0 saturated heterocycles. The summed E-state index contributed by atoms with van der Waals surface area (Å²) < 4.78 is 30.2. The van der Waals surface area contributed by atoms with Gasteiger partial charge in [-0.15, -0.1) is 0 Å². The van der Waals surface area contributed by atoms with E-state index in [2.05, 4.69) is 15.9 Å². The Morgan fingerprint density at radius 3 is 2.43 bits per heavy atom. The normalized spacial score (nSPS) is 14.0. The lowest BCUT2D eigenvalue weighted by Gasteiger charge is -2.09. The summed E-state index contributed by atoms with van der Waals surface area (Å²) in [6.45, 7) is 0. The Kier molecular flexibility index (Phi) is 3.54. The molecule has 1 unspecified atom stereocenters. The van der Waals surface area contributed by atoms with Crippen molar-refractivity contribution in [3.8, 4) is 0 Å². The van der Waals surface area contributed by atoms with Gasteiger partial charge in [0, 0.05) is 15.1 Å². The summed E-state index contributed by atoms with van der Waals surface area (Å²) in [6, 6.07) is 4.15. The number of aliphatic hydroxyl groups is 1. The third-order valence-electron chi connectivity index (χ3n) is 1.51. The summed E-state index contributed by atoms with van der Waals surface area (Å²) in [6.07, 6.45) is 0. The maximum Gasteiger partial charge on any atom is 0.296 e. The summed E-state index contributed by atoms with van der Waals surface area (Å²) in [5, 5.41) is 9.61. The molecule has 78 valence electrons. The molecule has 0 spiro atoms. The van der Waals surface area contributed by atoms with Gasteiger partial charge in [0.1, 0.15) is 0 Å². The van der Waals surface area contributed by atoms with Gasteiger partial charge in [-0.25, -0.2) is 0 Å². The van der Waals surface area contributed by atoms with Crippen molar-refractivity contribution in [2.45, 2.75) is 5.44 Å². The molecule has 14 heavy (non-hydrogen) atoms. The molecule has 1 atom stereocenters. The van der Waals surface area contributed by atoms with E-state index in [0.717, 1.165) is 0 Å². The lowest BCUT2D eigenvalue weighted by atomic mass is 10.2. The molecule has 0 aliphatic rings. The van der Waals surface area contributed by atoms with Gasteiger partial charge in [-0.3, -0.25) is 4.55 Å². The first-order chi connectivity index (χ1) is 6.32. The van der Waals surface area contributed by atoms with E-state index in [-0.39, 0.29) is 5.56 Å². The molecule has 0 radical (unpaired) electrons. The Hall–Kier alpha value is -0.140. The van der Waals surface area contributed by atoms with E-state index in [1.807, 2.05) is 0 Å². The molecule has 0 aromatic heterocycles. The highest BCUT2D eigenvalue weighted by Crippen LogP contribution is 2.28. The lowest BCUT2D eigenvalue weighted by Crippen LogP contribution is -2.11. The van der Waals surface area contributed by atoms with E-state index < -0.39 is 15.6 Å². The minimum atomic E-state index is -4.51. The number of aliphatic hydroxyl groups excluding tert-OH is 1. The molecule has 2 N–H and O–H groups in total. The summed E-state index contributed by atoms with van der Waals surface area (Å²) in [7, 11) is -4.51. The van der Waals surface area contributed by atoms with Crippen molar-refractivity contribution in [1.29, 1.82) is 0 Å². The van der Waals surface area contributed by atoms with Gasteiger partial charge in [-0.1, -0.05) is 33.6 Å². The van der Waals surface area contributed by atoms with Crippen molar-refractivity contribution in [2.75, 3.05) is 0 Å². The zero-order chi connectivity index (χ0) is 10.9. The van der Waals surface area contributed by atoms with Gasteiger partial charge in [0.25, 0.3) is 10.1 Å². The second-order valence-electron chi connectivity index (χ2n) is 2.53. The number of hydrogen-bond donors (Lipinski definition) is 2. The molecule has 0 fully saturated rings. The van der Waals surface area contributed by atoms with Crippen molar-refractivity contribution < 1.29 is 18.1 Å². The van der Waals surface area contributed by atoms with Gasteiger partial charge in [0.05, 0.1) is 0 Å². The van der Waals surface area contributed by atoms with Gasteiger partial charge >= 0.3 is 0 Å². The zero-order valence-electron chi connectivity index (χ0n) is 6.68. The van der Waals surface area contributed by atoms with Crippen LogP contribution in [-0.4, -0.2) is 18.1 Å². The maximum absolute atomic E-state index is 10.6. The van der Waals surface area contributed by atoms with Gasteiger partial charge < -0.3 is 5.11 Å². The molecule has 1 rings (SSSR count). The van der Waals surface area contributed by atoms with Crippen LogP contribution in [-0.2, 0) is 10.1 Å². The number of rotatable bonds is 2. The molecule has 0 saturated carbocycles. The van der Waals surface area contributed by atoms with Crippen LogP contribution in [0.1, 0.15) is 11.0 Å². The summed E-state index contributed by atoms with van der Waals surface area (Å²) >= 11 is 8.63. The highest BCUT2D eigenvalue weighted by molar-refractivity contribution is 9.10. The number of hydrogen-bond acceptors (Lipinski definition) is 3. The highest BCUT2D eigenvalue weighted by Gasteiger charge is 2.23. The predicted molar refractivity (Wildman–Crippen MR) is 55.7 cm³/mol. The highest BCUT2D eigenvalue weighted by atomic mass is 79.9. The molecule has 0 aliphatic heterocycles. The predicted octanol–water partition coefficient (Wildman–Crippen LogP) is 1.98. The van der Waals surface area contributed by atoms with Crippen molar-refractivity contribution in [3.05, 3.63) is 33.3 Å². The number of benzene rings is 1. The molecular weight excluding hydrogens is 295 g/mol. The van der Waals surface area contributed by atoms with Crippen LogP contribution in [0.4, 0.5) is 0 Å². The standard InChI is InChI=1S/C7H6BrClO4S/c8-6-3-4(9)1-2-5(6)7(10)14(11,12)13/h1-3,7,10H,(H,11,12,13). The quantitative estimate of drug-likeness (QED) is 0.819. The average molecular weight is 302 g/mol. The van der Waals surface area contributed by atoms with E-state index in [0.29, 0.717) is 9.50 Å². The second-order valence-corrected chi connectivity index (χ2v) is 5.30. The summed E-state index contributed by atoms with van der Waals surface area (Å²) in [5.74, 6) is 0. The molecule has 4 nitrogen and oxygen atoms in total. The first-order valence-corrected chi connectivity index (χ1v) is 6.09. The van der Waals surface area contributed by atoms with Gasteiger partial charge in [0.15, 0.2) is 0 Å². The molecule has 0 amide bonds. The molecule has 0 bridgehead atoms. The molecule has 1 aromatic rings. The molecule has 0 heterocycles. The maximum atomic E-state index is 10.6. The Morgan fingerprint density at radius 2 is 2.00 bits per heavy atom. The van der Waals surface area contributed by atoms with Crippen LogP contribution in [0.5, 0.6) is 0 Å². The van der Waals surface area contributed by atoms with Crippen molar-refractivity contribution >= 4 is 37.6 Å². The number of halogens is 2. The van der Waals surface area contributed by atoms with Crippen LogP contribution in [0.2, 0.25) is 5.02 Å². The van der Waals surface area contributed by atoms with Crippen LogP contribution < -0.4 is 0 Å². The Morgan fingerprint density at radius 1 is 1.43 bits per heavy atom. The lowest BCUT2D eigenvalue weighted by molar-refractivity contribution is 0.237. The van der Waals surface area contributed by atoms with E-state index in [4.69, 9.17) is 16.2 Å². The van der Waals surface area contributed by atoms with Gasteiger partial charge in [-0.2, -0.15) is 8.42 Å². The van der Waals surface area contributed by atoms with E-state index in [9.17, 15) is 13.5 Å². The third kappa shape index (κ3) is 2.68. The SMILES string of the molecule is O=S(=O)(O)C(O)c1ccc(Cl)cc1Br. The molecule has 1 aromatic carbocycles. The smallest absolute Gasteiger partial charge is 0.296 e. The topological polar surface area (TPSA) is 74.6 Å². The Labute approximate surface area is 94.4 Å². The van der Waals surface area contributed by atoms with Crippen LogP contribution in [0.15, 0.2) is 22.7 Å². The monoisotopic (exact) mass is 300 g/mol. The second kappa shape index (κ2) is 4.16. The van der Waals surface area contributed by atoms with Crippen molar-refractivity contribution in [2.24, 2.45) is 0 Å². The average Bonchev–Trinajstić information content (AvgIpc) is 2.01. The molecular formula is C7H6BrClO4S. The van der Waals surface area contributed by atoms with Crippen LogP contribution >= 0.6 is 27.5 Å². The zero-order valence-corrected chi connectivity index (χ0v) is 9.84. The van der Waals surface area contributed by atoms with Crippen LogP contribution in [0.25, 0.3) is 0 Å².